The van der Waals surface area contributed by atoms with Gasteiger partial charge in [-0.15, -0.1) is 0 Å². The van der Waals surface area contributed by atoms with Crippen LogP contribution in [0.5, 0.6) is 5.75 Å². The SMILES string of the molecule is COc1ccc([C@@](C)(O)[C@@H]2CCCN2CC(=O)N2CCOCC2)cc1. The molecule has 0 unspecified atom stereocenters. The predicted octanol–water partition coefficient (Wildman–Crippen LogP) is 1.23. The predicted molar refractivity (Wildman–Crippen MR) is 94.6 cm³/mol. The van der Waals surface area contributed by atoms with Gasteiger partial charge in [0.25, 0.3) is 0 Å². The van der Waals surface area contributed by atoms with Crippen LogP contribution in [0.25, 0.3) is 0 Å². The number of benzene rings is 1. The van der Waals surface area contributed by atoms with Crippen molar-refractivity contribution in [3.8, 4) is 5.75 Å². The first-order chi connectivity index (χ1) is 12.0. The number of amides is 1. The van der Waals surface area contributed by atoms with Crippen LogP contribution in [0.4, 0.5) is 0 Å². The highest BCUT2D eigenvalue weighted by Gasteiger charge is 2.41. The molecule has 0 radical (unpaired) electrons. The van der Waals surface area contributed by atoms with E-state index in [1.807, 2.05) is 36.1 Å². The number of ether oxygens (including phenoxy) is 2. The van der Waals surface area contributed by atoms with E-state index in [0.29, 0.717) is 32.8 Å². The van der Waals surface area contributed by atoms with E-state index < -0.39 is 5.60 Å². The summed E-state index contributed by atoms with van der Waals surface area (Å²) in [6.07, 6.45) is 1.88. The number of carbonyl (C=O) groups is 1. The minimum atomic E-state index is -1.01. The molecule has 1 aromatic rings. The molecule has 6 heteroatoms. The molecule has 2 heterocycles. The van der Waals surface area contributed by atoms with Gasteiger partial charge in [0.1, 0.15) is 11.4 Å². The Morgan fingerprint density at radius 1 is 1.28 bits per heavy atom. The summed E-state index contributed by atoms with van der Waals surface area (Å²) in [6, 6.07) is 7.47. The fourth-order valence-electron chi connectivity index (χ4n) is 3.86. The maximum Gasteiger partial charge on any atom is 0.236 e. The molecule has 6 nitrogen and oxygen atoms in total. The Morgan fingerprint density at radius 2 is 1.96 bits per heavy atom. The monoisotopic (exact) mass is 348 g/mol. The van der Waals surface area contributed by atoms with Crippen LogP contribution in [-0.2, 0) is 15.1 Å². The molecule has 1 amide bonds. The number of rotatable bonds is 5. The lowest BCUT2D eigenvalue weighted by Gasteiger charge is -2.38. The van der Waals surface area contributed by atoms with E-state index in [2.05, 4.69) is 4.90 Å². The lowest BCUT2D eigenvalue weighted by atomic mass is 9.86. The number of methoxy groups -OCH3 is 1. The largest absolute Gasteiger partial charge is 0.497 e. The van der Waals surface area contributed by atoms with Gasteiger partial charge in [-0.05, 0) is 44.0 Å². The van der Waals surface area contributed by atoms with Crippen molar-refractivity contribution in [2.75, 3.05) is 46.5 Å². The van der Waals surface area contributed by atoms with Crippen molar-refractivity contribution in [2.45, 2.75) is 31.4 Å². The summed E-state index contributed by atoms with van der Waals surface area (Å²) in [5, 5.41) is 11.2. The average molecular weight is 348 g/mol. The highest BCUT2D eigenvalue weighted by atomic mass is 16.5. The maximum atomic E-state index is 12.6. The van der Waals surface area contributed by atoms with Gasteiger partial charge in [0, 0.05) is 19.1 Å². The first-order valence-electron chi connectivity index (χ1n) is 8.99. The first-order valence-corrected chi connectivity index (χ1v) is 8.99. The van der Waals surface area contributed by atoms with Crippen molar-refractivity contribution < 1.29 is 19.4 Å². The average Bonchev–Trinajstić information content (AvgIpc) is 3.11. The molecule has 2 fully saturated rings. The summed E-state index contributed by atoms with van der Waals surface area (Å²) in [4.78, 5) is 16.6. The number of carbonyl (C=O) groups excluding carboxylic acids is 1. The van der Waals surface area contributed by atoms with Crippen LogP contribution in [0.15, 0.2) is 24.3 Å². The van der Waals surface area contributed by atoms with Gasteiger partial charge in [-0.3, -0.25) is 9.69 Å². The smallest absolute Gasteiger partial charge is 0.236 e. The molecule has 0 spiro atoms. The van der Waals surface area contributed by atoms with E-state index in [9.17, 15) is 9.90 Å². The standard InChI is InChI=1S/C19H28N2O4/c1-19(23,15-5-7-16(24-2)8-6-15)17-4-3-9-21(17)14-18(22)20-10-12-25-13-11-20/h5-8,17,23H,3-4,9-14H2,1-2H3/t17-,19+/m0/s1. The molecule has 2 saturated heterocycles. The zero-order valence-corrected chi connectivity index (χ0v) is 15.1. The Kier molecular flexibility index (Phi) is 5.61. The summed E-state index contributed by atoms with van der Waals surface area (Å²) in [5.41, 5.74) is -0.155. The van der Waals surface area contributed by atoms with Gasteiger partial charge < -0.3 is 19.5 Å². The van der Waals surface area contributed by atoms with E-state index >= 15 is 0 Å². The van der Waals surface area contributed by atoms with Crippen molar-refractivity contribution >= 4 is 5.91 Å². The third kappa shape index (κ3) is 3.97. The van der Waals surface area contributed by atoms with Gasteiger partial charge in [-0.25, -0.2) is 0 Å². The van der Waals surface area contributed by atoms with Crippen LogP contribution in [0, 0.1) is 0 Å². The summed E-state index contributed by atoms with van der Waals surface area (Å²) < 4.78 is 10.5. The fraction of sp³-hybridized carbons (Fsp3) is 0.632. The van der Waals surface area contributed by atoms with Crippen LogP contribution in [0.3, 0.4) is 0 Å². The zero-order valence-electron chi connectivity index (χ0n) is 15.1. The Hall–Kier alpha value is -1.63. The lowest BCUT2D eigenvalue weighted by molar-refractivity contribution is -0.138. The molecular formula is C19H28N2O4. The van der Waals surface area contributed by atoms with Crippen LogP contribution >= 0.6 is 0 Å². The van der Waals surface area contributed by atoms with Gasteiger partial charge in [-0.2, -0.15) is 0 Å². The molecule has 0 aromatic heterocycles. The third-order valence-electron chi connectivity index (χ3n) is 5.39. The topological polar surface area (TPSA) is 62.2 Å². The minimum absolute atomic E-state index is 0.0640. The number of nitrogens with zero attached hydrogens (tertiary/aromatic N) is 2. The number of aliphatic hydroxyl groups is 1. The molecule has 2 aliphatic rings. The molecule has 1 N–H and O–H groups in total. The van der Waals surface area contributed by atoms with Gasteiger partial charge in [0.05, 0.1) is 26.9 Å². The Balaban J connectivity index is 1.69. The summed E-state index contributed by atoms with van der Waals surface area (Å²) >= 11 is 0. The minimum Gasteiger partial charge on any atom is -0.497 e. The van der Waals surface area contributed by atoms with Crippen molar-refractivity contribution in [1.29, 1.82) is 0 Å². The Labute approximate surface area is 149 Å². The molecule has 25 heavy (non-hydrogen) atoms. The van der Waals surface area contributed by atoms with E-state index in [1.165, 1.54) is 0 Å². The summed E-state index contributed by atoms with van der Waals surface area (Å²) in [5.74, 6) is 0.894. The molecule has 3 rings (SSSR count). The van der Waals surface area contributed by atoms with E-state index in [4.69, 9.17) is 9.47 Å². The molecular weight excluding hydrogens is 320 g/mol. The molecule has 0 aliphatic carbocycles. The second-order valence-electron chi connectivity index (χ2n) is 7.00. The van der Waals surface area contributed by atoms with Gasteiger partial charge >= 0.3 is 0 Å². The van der Waals surface area contributed by atoms with Crippen LogP contribution < -0.4 is 4.74 Å². The number of likely N-dealkylation sites (tertiary alicyclic amines) is 1. The van der Waals surface area contributed by atoms with Crippen molar-refractivity contribution in [3.05, 3.63) is 29.8 Å². The van der Waals surface area contributed by atoms with E-state index in [0.717, 1.165) is 30.7 Å². The first kappa shape index (κ1) is 18.2. The second kappa shape index (κ2) is 7.72. The Bertz CT molecular complexity index is 582. The third-order valence-corrected chi connectivity index (χ3v) is 5.39. The fourth-order valence-corrected chi connectivity index (χ4v) is 3.86. The molecule has 1 aromatic carbocycles. The van der Waals surface area contributed by atoms with Crippen LogP contribution in [0.1, 0.15) is 25.3 Å². The maximum absolute atomic E-state index is 12.6. The highest BCUT2D eigenvalue weighted by Crippen LogP contribution is 2.35. The zero-order chi connectivity index (χ0) is 17.9. The van der Waals surface area contributed by atoms with Crippen LogP contribution in [-0.4, -0.2) is 73.4 Å². The van der Waals surface area contributed by atoms with Gasteiger partial charge in [-0.1, -0.05) is 12.1 Å². The number of hydrogen-bond acceptors (Lipinski definition) is 5. The number of hydrogen-bond donors (Lipinski definition) is 1. The van der Waals surface area contributed by atoms with E-state index in [1.54, 1.807) is 7.11 Å². The quantitative estimate of drug-likeness (QED) is 0.867. The molecule has 138 valence electrons. The van der Waals surface area contributed by atoms with Gasteiger partial charge in [0.15, 0.2) is 0 Å². The lowest BCUT2D eigenvalue weighted by Crippen LogP contribution is -2.51. The van der Waals surface area contributed by atoms with Gasteiger partial charge in [0.2, 0.25) is 5.91 Å². The second-order valence-corrected chi connectivity index (χ2v) is 7.00. The molecule has 0 saturated carbocycles. The van der Waals surface area contributed by atoms with Crippen LogP contribution in [0.2, 0.25) is 0 Å². The molecule has 2 aliphatic heterocycles. The van der Waals surface area contributed by atoms with E-state index in [-0.39, 0.29) is 11.9 Å². The number of morpholine rings is 1. The van der Waals surface area contributed by atoms with Crippen molar-refractivity contribution in [3.63, 3.8) is 0 Å². The summed E-state index contributed by atoms with van der Waals surface area (Å²) in [6.45, 7) is 5.58. The van der Waals surface area contributed by atoms with Crippen molar-refractivity contribution in [2.24, 2.45) is 0 Å². The summed E-state index contributed by atoms with van der Waals surface area (Å²) in [7, 11) is 1.63. The highest BCUT2D eigenvalue weighted by molar-refractivity contribution is 5.78. The molecule has 0 bridgehead atoms. The normalized spacial score (nSPS) is 24.1. The molecule has 2 atom stereocenters. The van der Waals surface area contributed by atoms with Crippen molar-refractivity contribution in [1.82, 2.24) is 9.80 Å². The Morgan fingerprint density at radius 3 is 2.60 bits per heavy atom.